The molecular formula is C16H17N3O3S. The van der Waals surface area contributed by atoms with E-state index in [0.29, 0.717) is 30.0 Å². The summed E-state index contributed by atoms with van der Waals surface area (Å²) >= 11 is 0. The van der Waals surface area contributed by atoms with Crippen molar-refractivity contribution in [3.63, 3.8) is 0 Å². The lowest BCUT2D eigenvalue weighted by molar-refractivity contribution is 0.472. The van der Waals surface area contributed by atoms with E-state index >= 15 is 0 Å². The third-order valence-corrected chi connectivity index (χ3v) is 5.49. The lowest BCUT2D eigenvalue weighted by atomic mass is 10.2. The predicted molar refractivity (Wildman–Crippen MR) is 86.5 cm³/mol. The van der Waals surface area contributed by atoms with Crippen LogP contribution in [-0.4, -0.2) is 36.3 Å². The summed E-state index contributed by atoms with van der Waals surface area (Å²) in [7, 11) is -1.98. The first-order valence-electron chi connectivity index (χ1n) is 7.19. The highest BCUT2D eigenvalue weighted by Crippen LogP contribution is 2.22. The van der Waals surface area contributed by atoms with Gasteiger partial charge >= 0.3 is 0 Å². The van der Waals surface area contributed by atoms with Crippen LogP contribution in [0.4, 0.5) is 0 Å². The van der Waals surface area contributed by atoms with Crippen LogP contribution in [0.3, 0.4) is 0 Å². The maximum absolute atomic E-state index is 12.7. The van der Waals surface area contributed by atoms with Gasteiger partial charge in [0, 0.05) is 32.9 Å². The zero-order valence-corrected chi connectivity index (χ0v) is 13.7. The van der Waals surface area contributed by atoms with Crippen molar-refractivity contribution in [2.45, 2.75) is 18.2 Å². The smallest absolute Gasteiger partial charge is 0.242 e. The van der Waals surface area contributed by atoms with Gasteiger partial charge in [-0.2, -0.15) is 0 Å². The first kappa shape index (κ1) is 15.6. The molecule has 2 heterocycles. The molecule has 6 nitrogen and oxygen atoms in total. The number of hydrogen-bond donors (Lipinski definition) is 0. The minimum Gasteiger partial charge on any atom is -0.441 e. The average molecular weight is 331 g/mol. The van der Waals surface area contributed by atoms with Crippen LogP contribution in [0.15, 0.2) is 52.0 Å². The molecule has 0 bridgehead atoms. The number of aromatic nitrogens is 2. The van der Waals surface area contributed by atoms with E-state index in [2.05, 4.69) is 9.97 Å². The minimum atomic E-state index is -3.56. The Morgan fingerprint density at radius 1 is 1.17 bits per heavy atom. The van der Waals surface area contributed by atoms with Gasteiger partial charge in [-0.05, 0) is 42.3 Å². The first-order chi connectivity index (χ1) is 11.0. The van der Waals surface area contributed by atoms with Gasteiger partial charge in [0.15, 0.2) is 11.5 Å². The molecule has 2 aromatic heterocycles. The molecule has 1 aromatic carbocycles. The van der Waals surface area contributed by atoms with Crippen LogP contribution in [0.2, 0.25) is 0 Å². The Morgan fingerprint density at radius 3 is 2.65 bits per heavy atom. The number of nitrogens with zero attached hydrogens (tertiary/aromatic N) is 3. The van der Waals surface area contributed by atoms with Gasteiger partial charge in [0.25, 0.3) is 0 Å². The quantitative estimate of drug-likeness (QED) is 0.717. The van der Waals surface area contributed by atoms with Crippen molar-refractivity contribution in [1.82, 2.24) is 14.3 Å². The maximum atomic E-state index is 12.7. The van der Waals surface area contributed by atoms with E-state index in [4.69, 9.17) is 4.42 Å². The Labute approximate surface area is 134 Å². The van der Waals surface area contributed by atoms with Crippen LogP contribution in [0, 0.1) is 6.92 Å². The first-order valence-corrected chi connectivity index (χ1v) is 8.63. The third-order valence-electron chi connectivity index (χ3n) is 3.64. The molecule has 3 rings (SSSR count). The molecule has 7 heteroatoms. The fourth-order valence-corrected chi connectivity index (χ4v) is 3.51. The van der Waals surface area contributed by atoms with Gasteiger partial charge in [-0.15, -0.1) is 0 Å². The average Bonchev–Trinajstić information content (AvgIpc) is 2.92. The number of oxazole rings is 1. The fraction of sp³-hybridized carbons (Fsp3) is 0.250. The molecule has 0 aliphatic rings. The van der Waals surface area contributed by atoms with Gasteiger partial charge in [0.2, 0.25) is 10.0 Å². The van der Waals surface area contributed by atoms with E-state index in [1.807, 2.05) is 12.1 Å². The molecule has 0 unspecified atom stereocenters. The van der Waals surface area contributed by atoms with Gasteiger partial charge in [-0.1, -0.05) is 0 Å². The van der Waals surface area contributed by atoms with Gasteiger partial charge in [-0.25, -0.2) is 17.7 Å². The number of aryl methyl sites for hydroxylation is 1. The highest BCUT2D eigenvalue weighted by Gasteiger charge is 2.21. The largest absolute Gasteiger partial charge is 0.441 e. The number of rotatable bonds is 5. The van der Waals surface area contributed by atoms with E-state index in [-0.39, 0.29) is 4.90 Å². The molecule has 0 aliphatic heterocycles. The summed E-state index contributed by atoms with van der Waals surface area (Å²) in [5, 5.41) is 0. The molecule has 23 heavy (non-hydrogen) atoms. The summed E-state index contributed by atoms with van der Waals surface area (Å²) in [5.74, 6) is 0.514. The summed E-state index contributed by atoms with van der Waals surface area (Å²) in [5.41, 5.74) is 2.18. The van der Waals surface area contributed by atoms with Crippen LogP contribution in [0.5, 0.6) is 0 Å². The zero-order valence-electron chi connectivity index (χ0n) is 12.9. The molecule has 0 saturated carbocycles. The number of benzene rings is 1. The van der Waals surface area contributed by atoms with Crippen LogP contribution >= 0.6 is 0 Å². The highest BCUT2D eigenvalue weighted by atomic mass is 32.2. The molecule has 0 atom stereocenters. The molecule has 0 saturated heterocycles. The normalized spacial score (nSPS) is 12.1. The second kappa shape index (κ2) is 6.10. The van der Waals surface area contributed by atoms with Crippen LogP contribution < -0.4 is 0 Å². The Kier molecular flexibility index (Phi) is 4.14. The monoisotopic (exact) mass is 331 g/mol. The number of pyridine rings is 1. The molecular weight excluding hydrogens is 314 g/mol. The van der Waals surface area contributed by atoms with Crippen molar-refractivity contribution in [1.29, 1.82) is 0 Å². The van der Waals surface area contributed by atoms with Gasteiger partial charge < -0.3 is 4.42 Å². The van der Waals surface area contributed by atoms with Gasteiger partial charge in [0.1, 0.15) is 5.52 Å². The summed E-state index contributed by atoms with van der Waals surface area (Å²) in [6.45, 7) is 2.12. The van der Waals surface area contributed by atoms with Gasteiger partial charge in [0.05, 0.1) is 4.90 Å². The Hall–Kier alpha value is -2.25. The van der Waals surface area contributed by atoms with E-state index < -0.39 is 10.0 Å². The van der Waals surface area contributed by atoms with E-state index in [0.717, 1.165) is 5.56 Å². The summed E-state index contributed by atoms with van der Waals surface area (Å²) in [6.07, 6.45) is 4.03. The second-order valence-electron chi connectivity index (χ2n) is 5.29. The van der Waals surface area contributed by atoms with E-state index in [1.165, 1.54) is 4.31 Å². The highest BCUT2D eigenvalue weighted by molar-refractivity contribution is 7.89. The van der Waals surface area contributed by atoms with Crippen molar-refractivity contribution in [2.75, 3.05) is 13.6 Å². The predicted octanol–water partition coefficient (Wildman–Crippen LogP) is 2.39. The van der Waals surface area contributed by atoms with Crippen molar-refractivity contribution in [2.24, 2.45) is 0 Å². The Bertz CT molecular complexity index is 920. The molecule has 0 spiro atoms. The van der Waals surface area contributed by atoms with E-state index in [9.17, 15) is 8.42 Å². The lowest BCUT2D eigenvalue weighted by Crippen LogP contribution is -2.29. The van der Waals surface area contributed by atoms with Crippen molar-refractivity contribution < 1.29 is 12.8 Å². The number of sulfonamides is 1. The number of hydrogen-bond acceptors (Lipinski definition) is 5. The Balaban J connectivity index is 1.81. The lowest BCUT2D eigenvalue weighted by Gasteiger charge is -2.17. The summed E-state index contributed by atoms with van der Waals surface area (Å²) < 4.78 is 32.0. The summed E-state index contributed by atoms with van der Waals surface area (Å²) in [4.78, 5) is 8.35. The SMILES string of the molecule is Cc1nc2cc(S(=O)(=O)N(C)CCc3ccncc3)ccc2o1. The second-order valence-corrected chi connectivity index (χ2v) is 7.34. The van der Waals surface area contributed by atoms with Crippen LogP contribution in [0.1, 0.15) is 11.5 Å². The van der Waals surface area contributed by atoms with Crippen molar-refractivity contribution in [3.8, 4) is 0 Å². The topological polar surface area (TPSA) is 76.3 Å². The Morgan fingerprint density at radius 2 is 1.91 bits per heavy atom. The van der Waals surface area contributed by atoms with Crippen LogP contribution in [0.25, 0.3) is 11.1 Å². The number of likely N-dealkylation sites (N-methyl/N-ethyl adjacent to an activating group) is 1. The summed E-state index contributed by atoms with van der Waals surface area (Å²) in [6, 6.07) is 8.49. The third kappa shape index (κ3) is 3.25. The van der Waals surface area contributed by atoms with E-state index in [1.54, 1.807) is 44.6 Å². The maximum Gasteiger partial charge on any atom is 0.242 e. The van der Waals surface area contributed by atoms with Crippen molar-refractivity contribution in [3.05, 3.63) is 54.2 Å². The zero-order chi connectivity index (χ0) is 16.4. The standard InChI is InChI=1S/C16H17N3O3S/c1-12-18-15-11-14(3-4-16(15)22-12)23(20,21)19(2)10-7-13-5-8-17-9-6-13/h3-6,8-9,11H,7,10H2,1-2H3. The molecule has 3 aromatic rings. The van der Waals surface area contributed by atoms with Gasteiger partial charge in [-0.3, -0.25) is 4.98 Å². The molecule has 0 radical (unpaired) electrons. The molecule has 0 amide bonds. The van der Waals surface area contributed by atoms with Crippen LogP contribution in [-0.2, 0) is 16.4 Å². The molecule has 0 fully saturated rings. The minimum absolute atomic E-state index is 0.218. The molecule has 0 N–H and O–H groups in total. The number of fused-ring (bicyclic) bond motifs is 1. The van der Waals surface area contributed by atoms with Crippen molar-refractivity contribution >= 4 is 21.1 Å². The molecule has 120 valence electrons. The molecule has 0 aliphatic carbocycles. The fourth-order valence-electron chi connectivity index (χ4n) is 2.32.